The quantitative estimate of drug-likeness (QED) is 0.504. The van der Waals surface area contributed by atoms with Gasteiger partial charge in [-0.15, -0.1) is 0 Å². The van der Waals surface area contributed by atoms with E-state index in [2.05, 4.69) is 15.5 Å². The second kappa shape index (κ2) is 10.4. The Morgan fingerprint density at radius 2 is 1.74 bits per heavy atom. The van der Waals surface area contributed by atoms with Crippen LogP contribution >= 0.6 is 0 Å². The van der Waals surface area contributed by atoms with E-state index in [4.69, 9.17) is 4.74 Å². The number of halogens is 1. The van der Waals surface area contributed by atoms with E-state index in [0.29, 0.717) is 29.3 Å². The van der Waals surface area contributed by atoms with E-state index in [1.807, 2.05) is 56.3 Å². The number of ether oxygens (including phenoxy) is 1. The van der Waals surface area contributed by atoms with Gasteiger partial charge in [0.1, 0.15) is 17.6 Å². The van der Waals surface area contributed by atoms with Crippen LogP contribution in [0.5, 0.6) is 5.75 Å². The van der Waals surface area contributed by atoms with Crippen LogP contribution in [0.3, 0.4) is 0 Å². The van der Waals surface area contributed by atoms with E-state index < -0.39 is 6.04 Å². The van der Waals surface area contributed by atoms with Gasteiger partial charge in [-0.3, -0.25) is 9.59 Å². The Balaban J connectivity index is 1.53. The van der Waals surface area contributed by atoms with Crippen LogP contribution in [0.4, 0.5) is 21.5 Å². The summed E-state index contributed by atoms with van der Waals surface area (Å²) in [5, 5.41) is 5.94. The van der Waals surface area contributed by atoms with Gasteiger partial charge < -0.3 is 20.3 Å². The summed E-state index contributed by atoms with van der Waals surface area (Å²) in [7, 11) is 0. The highest BCUT2D eigenvalue weighted by Crippen LogP contribution is 2.35. The van der Waals surface area contributed by atoms with Crippen LogP contribution in [-0.4, -0.2) is 31.0 Å². The van der Waals surface area contributed by atoms with Gasteiger partial charge in [-0.25, -0.2) is 4.39 Å². The third kappa shape index (κ3) is 5.03. The maximum absolute atomic E-state index is 13.2. The Bertz CT molecular complexity index is 1180. The smallest absolute Gasteiger partial charge is 0.255 e. The molecule has 0 radical (unpaired) electrons. The molecule has 1 heterocycles. The number of nitrogens with one attached hydrogen (secondary N) is 2. The zero-order valence-corrected chi connectivity index (χ0v) is 19.3. The van der Waals surface area contributed by atoms with E-state index in [-0.39, 0.29) is 17.6 Å². The molecule has 34 heavy (non-hydrogen) atoms. The average Bonchev–Trinajstić information content (AvgIpc) is 2.85. The molecular weight excluding hydrogens is 433 g/mol. The molecule has 3 aromatic carbocycles. The molecule has 6 nitrogen and oxygen atoms in total. The third-order valence-electron chi connectivity index (χ3n) is 5.93. The van der Waals surface area contributed by atoms with Gasteiger partial charge in [0.15, 0.2) is 0 Å². The summed E-state index contributed by atoms with van der Waals surface area (Å²) in [5.74, 6) is -0.194. The summed E-state index contributed by atoms with van der Waals surface area (Å²) in [5.41, 5.74) is 3.62. The molecule has 176 valence electrons. The second-order valence-corrected chi connectivity index (χ2v) is 8.16. The number of anilines is 3. The Kier molecular flexibility index (Phi) is 7.11. The molecule has 1 aliphatic rings. The number of para-hydroxylation sites is 2. The topological polar surface area (TPSA) is 70.7 Å². The van der Waals surface area contributed by atoms with Gasteiger partial charge in [-0.1, -0.05) is 18.2 Å². The molecule has 1 atom stereocenters. The maximum Gasteiger partial charge on any atom is 0.255 e. The Labute approximate surface area is 198 Å². The molecule has 2 N–H and O–H groups in total. The second-order valence-electron chi connectivity index (χ2n) is 8.16. The van der Waals surface area contributed by atoms with Gasteiger partial charge in [0.2, 0.25) is 5.91 Å². The van der Waals surface area contributed by atoms with E-state index in [1.54, 1.807) is 0 Å². The number of benzene rings is 3. The number of fused-ring (bicyclic) bond motifs is 1. The predicted molar refractivity (Wildman–Crippen MR) is 132 cm³/mol. The molecule has 0 aromatic heterocycles. The van der Waals surface area contributed by atoms with Crippen molar-refractivity contribution in [2.45, 2.75) is 32.7 Å². The molecule has 0 bridgehead atoms. The molecule has 4 rings (SSSR count). The molecule has 1 aliphatic heterocycles. The predicted octanol–water partition coefficient (Wildman–Crippen LogP) is 5.26. The summed E-state index contributed by atoms with van der Waals surface area (Å²) in [6.45, 7) is 5.01. The normalized spacial score (nSPS) is 13.6. The molecule has 0 fully saturated rings. The van der Waals surface area contributed by atoms with Crippen LogP contribution in [0, 0.1) is 5.82 Å². The van der Waals surface area contributed by atoms with Crippen molar-refractivity contribution in [1.82, 2.24) is 0 Å². The van der Waals surface area contributed by atoms with Gasteiger partial charge >= 0.3 is 0 Å². The van der Waals surface area contributed by atoms with Crippen molar-refractivity contribution < 1.29 is 18.7 Å². The molecule has 2 amide bonds. The Hall–Kier alpha value is -3.87. The molecule has 3 aromatic rings. The fourth-order valence-corrected chi connectivity index (χ4v) is 4.20. The fraction of sp³-hybridized carbons (Fsp3) is 0.259. The molecule has 0 spiro atoms. The van der Waals surface area contributed by atoms with Crippen LogP contribution < -0.4 is 20.3 Å². The minimum absolute atomic E-state index is 0.138. The highest BCUT2D eigenvalue weighted by atomic mass is 19.1. The SMILES string of the molecule is CCOc1ccccc1NC(=O)C(C)N1CCCc2c(NC(=O)c3ccc(F)cc3)cccc21. The summed E-state index contributed by atoms with van der Waals surface area (Å²) < 4.78 is 18.8. The average molecular weight is 462 g/mol. The number of hydrogen-bond donors (Lipinski definition) is 2. The highest BCUT2D eigenvalue weighted by molar-refractivity contribution is 6.05. The number of carbonyl (C=O) groups excluding carboxylic acids is 2. The van der Waals surface area contributed by atoms with Crippen molar-refractivity contribution in [2.75, 3.05) is 28.7 Å². The number of carbonyl (C=O) groups is 2. The van der Waals surface area contributed by atoms with Gasteiger partial charge in [0.05, 0.1) is 12.3 Å². The maximum atomic E-state index is 13.2. The lowest BCUT2D eigenvalue weighted by molar-refractivity contribution is -0.117. The first-order valence-corrected chi connectivity index (χ1v) is 11.5. The third-order valence-corrected chi connectivity index (χ3v) is 5.93. The lowest BCUT2D eigenvalue weighted by Gasteiger charge is -2.36. The van der Waals surface area contributed by atoms with E-state index >= 15 is 0 Å². The number of rotatable bonds is 7. The first-order chi connectivity index (χ1) is 16.5. The van der Waals surface area contributed by atoms with Gasteiger partial charge in [0.25, 0.3) is 5.91 Å². The van der Waals surface area contributed by atoms with Gasteiger partial charge in [0, 0.05) is 23.5 Å². The first kappa shape index (κ1) is 23.3. The number of amides is 2. The highest BCUT2D eigenvalue weighted by Gasteiger charge is 2.28. The monoisotopic (exact) mass is 461 g/mol. The largest absolute Gasteiger partial charge is 0.492 e. The molecule has 7 heteroatoms. The molecule has 0 aliphatic carbocycles. The fourth-order valence-electron chi connectivity index (χ4n) is 4.20. The van der Waals surface area contributed by atoms with Crippen LogP contribution in [-0.2, 0) is 11.2 Å². The number of nitrogens with zero attached hydrogens (tertiary/aromatic N) is 1. The van der Waals surface area contributed by atoms with E-state index in [9.17, 15) is 14.0 Å². The van der Waals surface area contributed by atoms with Crippen molar-refractivity contribution in [2.24, 2.45) is 0 Å². The van der Waals surface area contributed by atoms with Gasteiger partial charge in [-0.05, 0) is 80.8 Å². The zero-order chi connectivity index (χ0) is 24.1. The zero-order valence-electron chi connectivity index (χ0n) is 19.3. The molecular formula is C27H28FN3O3. The lowest BCUT2D eigenvalue weighted by atomic mass is 9.97. The van der Waals surface area contributed by atoms with Crippen LogP contribution in [0.2, 0.25) is 0 Å². The Morgan fingerprint density at radius 1 is 1.00 bits per heavy atom. The molecule has 1 unspecified atom stereocenters. The van der Waals surface area contributed by atoms with Crippen LogP contribution in [0.1, 0.15) is 36.2 Å². The number of hydrogen-bond acceptors (Lipinski definition) is 4. The molecule has 0 saturated heterocycles. The van der Waals surface area contributed by atoms with Gasteiger partial charge in [-0.2, -0.15) is 0 Å². The summed E-state index contributed by atoms with van der Waals surface area (Å²) in [4.78, 5) is 27.9. The summed E-state index contributed by atoms with van der Waals surface area (Å²) in [6, 6.07) is 18.1. The lowest BCUT2D eigenvalue weighted by Crippen LogP contribution is -2.44. The van der Waals surface area contributed by atoms with E-state index in [0.717, 1.165) is 30.6 Å². The van der Waals surface area contributed by atoms with E-state index in [1.165, 1.54) is 24.3 Å². The van der Waals surface area contributed by atoms with Crippen molar-refractivity contribution in [3.63, 3.8) is 0 Å². The van der Waals surface area contributed by atoms with Crippen LogP contribution in [0.25, 0.3) is 0 Å². The van der Waals surface area contributed by atoms with Crippen molar-refractivity contribution in [3.8, 4) is 5.75 Å². The van der Waals surface area contributed by atoms with Crippen LogP contribution in [0.15, 0.2) is 66.7 Å². The summed E-state index contributed by atoms with van der Waals surface area (Å²) >= 11 is 0. The minimum atomic E-state index is -0.434. The van der Waals surface area contributed by atoms with Crippen molar-refractivity contribution in [1.29, 1.82) is 0 Å². The summed E-state index contributed by atoms with van der Waals surface area (Å²) in [6.07, 6.45) is 1.64. The van der Waals surface area contributed by atoms with Crippen molar-refractivity contribution in [3.05, 3.63) is 83.7 Å². The molecule has 0 saturated carbocycles. The van der Waals surface area contributed by atoms with Crippen molar-refractivity contribution >= 4 is 28.9 Å². The minimum Gasteiger partial charge on any atom is -0.492 e. The first-order valence-electron chi connectivity index (χ1n) is 11.5. The Morgan fingerprint density at radius 3 is 2.50 bits per heavy atom. The standard InChI is InChI=1S/C27H28FN3O3/c1-3-34-25-12-5-4-9-23(25)30-26(32)18(2)31-17-7-8-21-22(10-6-11-24(21)31)29-27(33)19-13-15-20(28)16-14-19/h4-6,9-16,18H,3,7-8,17H2,1-2H3,(H,29,33)(H,30,32).